The van der Waals surface area contributed by atoms with Crippen LogP contribution < -0.4 is 5.32 Å². The Kier molecular flexibility index (Phi) is 6.02. The molecule has 5 heteroatoms. The maximum absolute atomic E-state index is 12.3. The van der Waals surface area contributed by atoms with Crippen LogP contribution in [0, 0.1) is 0 Å². The summed E-state index contributed by atoms with van der Waals surface area (Å²) in [5.74, 6) is 0.297. The molecule has 0 radical (unpaired) electrons. The number of piperidine rings is 1. The molecule has 0 aromatic carbocycles. The molecule has 0 aromatic heterocycles. The van der Waals surface area contributed by atoms with Crippen molar-refractivity contribution in [1.82, 2.24) is 15.1 Å². The number of carbonyl (C=O) groups excluding carboxylic acids is 1. The second-order valence-electron chi connectivity index (χ2n) is 7.15. The molecule has 2 aliphatic rings. The van der Waals surface area contributed by atoms with Crippen LogP contribution in [-0.4, -0.2) is 71.7 Å². The third kappa shape index (κ3) is 5.93. The zero-order valence-corrected chi connectivity index (χ0v) is 13.6. The molecule has 2 rings (SSSR count). The standard InChI is InChI=1S/C16H31N3O2/c1-16(2,21)13-18-9-11-19(12-10-18)15(20)7-6-14-5-3-4-8-17-14/h14,17,21H,3-13H2,1-2H3. The van der Waals surface area contributed by atoms with Gasteiger partial charge in [-0.1, -0.05) is 6.42 Å². The van der Waals surface area contributed by atoms with Crippen molar-refractivity contribution in [3.05, 3.63) is 0 Å². The van der Waals surface area contributed by atoms with E-state index >= 15 is 0 Å². The minimum absolute atomic E-state index is 0.297. The number of hydrogen-bond acceptors (Lipinski definition) is 4. The van der Waals surface area contributed by atoms with Crippen LogP contribution in [0.3, 0.4) is 0 Å². The molecule has 21 heavy (non-hydrogen) atoms. The number of piperazine rings is 1. The van der Waals surface area contributed by atoms with E-state index in [0.717, 1.165) is 39.1 Å². The molecule has 1 atom stereocenters. The van der Waals surface area contributed by atoms with Crippen LogP contribution in [0.1, 0.15) is 46.0 Å². The Balaban J connectivity index is 1.65. The summed E-state index contributed by atoms with van der Waals surface area (Å²) in [6.07, 6.45) is 5.42. The third-order valence-electron chi connectivity index (χ3n) is 4.45. The summed E-state index contributed by atoms with van der Waals surface area (Å²) in [5, 5.41) is 13.3. The van der Waals surface area contributed by atoms with Gasteiger partial charge in [0.15, 0.2) is 0 Å². The van der Waals surface area contributed by atoms with Gasteiger partial charge in [0.25, 0.3) is 0 Å². The van der Waals surface area contributed by atoms with Gasteiger partial charge in [0.2, 0.25) is 5.91 Å². The van der Waals surface area contributed by atoms with E-state index in [-0.39, 0.29) is 0 Å². The highest BCUT2D eigenvalue weighted by Gasteiger charge is 2.25. The monoisotopic (exact) mass is 297 g/mol. The van der Waals surface area contributed by atoms with Crippen molar-refractivity contribution in [2.45, 2.75) is 57.6 Å². The highest BCUT2D eigenvalue weighted by Crippen LogP contribution is 2.14. The molecule has 2 saturated heterocycles. The summed E-state index contributed by atoms with van der Waals surface area (Å²) < 4.78 is 0. The number of carbonyl (C=O) groups is 1. The van der Waals surface area contributed by atoms with E-state index in [4.69, 9.17) is 0 Å². The number of nitrogens with one attached hydrogen (secondary N) is 1. The van der Waals surface area contributed by atoms with Crippen LogP contribution in [0.25, 0.3) is 0 Å². The Morgan fingerprint density at radius 1 is 1.24 bits per heavy atom. The topological polar surface area (TPSA) is 55.8 Å². The fraction of sp³-hybridized carbons (Fsp3) is 0.938. The molecular weight excluding hydrogens is 266 g/mol. The second-order valence-corrected chi connectivity index (χ2v) is 7.15. The molecule has 0 spiro atoms. The first kappa shape index (κ1) is 16.7. The average Bonchev–Trinajstić information content (AvgIpc) is 2.45. The predicted molar refractivity (Wildman–Crippen MR) is 84.2 cm³/mol. The van der Waals surface area contributed by atoms with E-state index in [1.807, 2.05) is 18.7 Å². The van der Waals surface area contributed by atoms with E-state index in [9.17, 15) is 9.90 Å². The molecule has 122 valence electrons. The Morgan fingerprint density at radius 3 is 2.52 bits per heavy atom. The molecular formula is C16H31N3O2. The number of amides is 1. The van der Waals surface area contributed by atoms with Crippen molar-refractivity contribution < 1.29 is 9.90 Å². The molecule has 2 heterocycles. The van der Waals surface area contributed by atoms with E-state index < -0.39 is 5.60 Å². The van der Waals surface area contributed by atoms with Crippen molar-refractivity contribution in [2.75, 3.05) is 39.3 Å². The van der Waals surface area contributed by atoms with Crippen LogP contribution >= 0.6 is 0 Å². The summed E-state index contributed by atoms with van der Waals surface area (Å²) in [4.78, 5) is 16.5. The predicted octanol–water partition coefficient (Wildman–Crippen LogP) is 0.824. The summed E-state index contributed by atoms with van der Waals surface area (Å²) in [7, 11) is 0. The van der Waals surface area contributed by atoms with Gasteiger partial charge in [0.05, 0.1) is 5.60 Å². The zero-order valence-electron chi connectivity index (χ0n) is 13.6. The lowest BCUT2D eigenvalue weighted by Gasteiger charge is -2.37. The van der Waals surface area contributed by atoms with Gasteiger partial charge >= 0.3 is 0 Å². The molecule has 1 amide bonds. The van der Waals surface area contributed by atoms with Gasteiger partial charge in [-0.15, -0.1) is 0 Å². The van der Waals surface area contributed by atoms with Crippen molar-refractivity contribution in [3.8, 4) is 0 Å². The van der Waals surface area contributed by atoms with Gasteiger partial charge in [-0.05, 0) is 39.7 Å². The Morgan fingerprint density at radius 2 is 1.95 bits per heavy atom. The van der Waals surface area contributed by atoms with Crippen molar-refractivity contribution in [3.63, 3.8) is 0 Å². The Labute approximate surface area is 128 Å². The van der Waals surface area contributed by atoms with E-state index in [1.54, 1.807) is 0 Å². The quantitative estimate of drug-likeness (QED) is 0.789. The number of aliphatic hydroxyl groups is 1. The number of β-amino-alcohol motifs (C(OH)–C–C–N with tert-alkyl or cyclic N) is 1. The fourth-order valence-electron chi connectivity index (χ4n) is 3.33. The molecule has 0 aromatic rings. The minimum atomic E-state index is -0.654. The second kappa shape index (κ2) is 7.56. The number of rotatable bonds is 5. The fourth-order valence-corrected chi connectivity index (χ4v) is 3.33. The largest absolute Gasteiger partial charge is 0.389 e. The van der Waals surface area contributed by atoms with Crippen LogP contribution in [0.4, 0.5) is 0 Å². The summed E-state index contributed by atoms with van der Waals surface area (Å²) >= 11 is 0. The summed E-state index contributed by atoms with van der Waals surface area (Å²) in [6.45, 7) is 8.80. The normalized spacial score (nSPS) is 25.1. The highest BCUT2D eigenvalue weighted by molar-refractivity contribution is 5.76. The van der Waals surface area contributed by atoms with Crippen molar-refractivity contribution in [2.24, 2.45) is 0 Å². The van der Waals surface area contributed by atoms with Crippen LogP contribution in [-0.2, 0) is 4.79 Å². The van der Waals surface area contributed by atoms with Gasteiger partial charge in [-0.25, -0.2) is 0 Å². The van der Waals surface area contributed by atoms with Crippen molar-refractivity contribution in [1.29, 1.82) is 0 Å². The molecule has 2 N–H and O–H groups in total. The van der Waals surface area contributed by atoms with Crippen LogP contribution in [0.15, 0.2) is 0 Å². The number of hydrogen-bond donors (Lipinski definition) is 2. The molecule has 0 bridgehead atoms. The van der Waals surface area contributed by atoms with Crippen molar-refractivity contribution >= 4 is 5.91 Å². The maximum Gasteiger partial charge on any atom is 0.222 e. The Bertz CT molecular complexity index is 327. The smallest absolute Gasteiger partial charge is 0.222 e. The number of nitrogens with zero attached hydrogens (tertiary/aromatic N) is 2. The summed E-state index contributed by atoms with van der Waals surface area (Å²) in [6, 6.07) is 0.541. The molecule has 0 aliphatic carbocycles. The van der Waals surface area contributed by atoms with E-state index in [1.165, 1.54) is 19.3 Å². The van der Waals surface area contributed by atoms with Gasteiger partial charge < -0.3 is 15.3 Å². The average molecular weight is 297 g/mol. The van der Waals surface area contributed by atoms with Gasteiger partial charge in [0, 0.05) is 45.2 Å². The highest BCUT2D eigenvalue weighted by atomic mass is 16.3. The first-order chi connectivity index (χ1) is 9.94. The molecule has 5 nitrogen and oxygen atoms in total. The lowest BCUT2D eigenvalue weighted by molar-refractivity contribution is -0.133. The van der Waals surface area contributed by atoms with E-state index in [0.29, 0.717) is 24.9 Å². The van der Waals surface area contributed by atoms with Gasteiger partial charge in [-0.3, -0.25) is 9.69 Å². The molecule has 2 fully saturated rings. The Hall–Kier alpha value is -0.650. The first-order valence-corrected chi connectivity index (χ1v) is 8.40. The molecule has 0 saturated carbocycles. The maximum atomic E-state index is 12.3. The molecule has 1 unspecified atom stereocenters. The SMILES string of the molecule is CC(C)(O)CN1CCN(C(=O)CCC2CCCCN2)CC1. The molecule has 2 aliphatic heterocycles. The minimum Gasteiger partial charge on any atom is -0.389 e. The lowest BCUT2D eigenvalue weighted by Crippen LogP contribution is -2.52. The lowest BCUT2D eigenvalue weighted by atomic mass is 10.00. The zero-order chi connectivity index (χ0) is 15.3. The summed E-state index contributed by atoms with van der Waals surface area (Å²) in [5.41, 5.74) is -0.654. The van der Waals surface area contributed by atoms with Crippen LogP contribution in [0.5, 0.6) is 0 Å². The van der Waals surface area contributed by atoms with E-state index in [2.05, 4.69) is 10.2 Å². The van der Waals surface area contributed by atoms with Crippen LogP contribution in [0.2, 0.25) is 0 Å². The third-order valence-corrected chi connectivity index (χ3v) is 4.45. The van der Waals surface area contributed by atoms with Gasteiger partial charge in [-0.2, -0.15) is 0 Å². The first-order valence-electron chi connectivity index (χ1n) is 8.40. The van der Waals surface area contributed by atoms with Gasteiger partial charge in [0.1, 0.15) is 0 Å².